The predicted octanol–water partition coefficient (Wildman–Crippen LogP) is 1.46. The first-order valence-corrected chi connectivity index (χ1v) is 5.07. The summed E-state index contributed by atoms with van der Waals surface area (Å²) in [4.78, 5) is 4.08. The fraction of sp³-hybridized carbons (Fsp3) is 0.125. The summed E-state index contributed by atoms with van der Waals surface area (Å²) in [5.74, 6) is 1.77. The number of nitrogens with zero attached hydrogens (tertiary/aromatic N) is 2. The molecule has 0 saturated carbocycles. The zero-order valence-corrected chi connectivity index (χ0v) is 8.45. The highest BCUT2D eigenvalue weighted by Gasteiger charge is 2.10. The minimum atomic E-state index is 0.0211. The fourth-order valence-corrected chi connectivity index (χ4v) is 1.36. The molecule has 0 aliphatic carbocycles. The molecule has 0 unspecified atom stereocenters. The van der Waals surface area contributed by atoms with Gasteiger partial charge in [-0.05, 0) is 12.1 Å². The number of amidine groups is 1. The van der Waals surface area contributed by atoms with Crippen LogP contribution in [0.3, 0.4) is 0 Å². The van der Waals surface area contributed by atoms with E-state index in [4.69, 9.17) is 20.1 Å². The van der Waals surface area contributed by atoms with Crippen molar-refractivity contribution in [2.75, 3.05) is 0 Å². The molecule has 0 saturated heterocycles. The van der Waals surface area contributed by atoms with Crippen LogP contribution in [0, 0.1) is 5.41 Å². The number of hydrogen-bond donors (Lipinski definition) is 2. The molecule has 6 nitrogen and oxygen atoms in total. The number of nitrogens with one attached hydrogen (secondary N) is 1. The van der Waals surface area contributed by atoms with Crippen molar-refractivity contribution >= 4 is 16.9 Å². The van der Waals surface area contributed by atoms with Gasteiger partial charge in [0.1, 0.15) is 0 Å². The SMILES string of the molecule is N=C(N)SCc1nc(-c2ccco2)no1. The van der Waals surface area contributed by atoms with E-state index in [-0.39, 0.29) is 5.17 Å². The lowest BCUT2D eigenvalue weighted by Crippen LogP contribution is -2.03. The molecule has 2 heterocycles. The summed E-state index contributed by atoms with van der Waals surface area (Å²) in [6.45, 7) is 0. The molecule has 0 atom stereocenters. The van der Waals surface area contributed by atoms with Crippen LogP contribution in [0.5, 0.6) is 0 Å². The summed E-state index contributed by atoms with van der Waals surface area (Å²) >= 11 is 1.13. The number of furan rings is 1. The second-order valence-electron chi connectivity index (χ2n) is 2.64. The summed E-state index contributed by atoms with van der Waals surface area (Å²) in [6.07, 6.45) is 1.54. The van der Waals surface area contributed by atoms with Gasteiger partial charge in [-0.1, -0.05) is 16.9 Å². The van der Waals surface area contributed by atoms with Crippen LogP contribution in [-0.2, 0) is 5.75 Å². The fourth-order valence-electron chi connectivity index (χ4n) is 0.959. The number of nitrogens with two attached hydrogens (primary N) is 1. The van der Waals surface area contributed by atoms with Gasteiger partial charge in [0.15, 0.2) is 10.9 Å². The summed E-state index contributed by atoms with van der Waals surface area (Å²) < 4.78 is 10.0. The first-order chi connectivity index (χ1) is 7.25. The van der Waals surface area contributed by atoms with Gasteiger partial charge >= 0.3 is 0 Å². The van der Waals surface area contributed by atoms with Crippen LogP contribution in [0.4, 0.5) is 0 Å². The quantitative estimate of drug-likeness (QED) is 0.604. The average Bonchev–Trinajstić information content (AvgIpc) is 2.85. The standard InChI is InChI=1S/C8H8N4O2S/c9-8(10)15-4-6-11-7(12-14-6)5-2-1-3-13-5/h1-3H,4H2,(H3,9,10). The smallest absolute Gasteiger partial charge is 0.238 e. The zero-order chi connectivity index (χ0) is 10.7. The van der Waals surface area contributed by atoms with Crippen molar-refractivity contribution < 1.29 is 8.94 Å². The molecular formula is C8H8N4O2S. The van der Waals surface area contributed by atoms with Crippen LogP contribution in [-0.4, -0.2) is 15.3 Å². The summed E-state index contributed by atoms with van der Waals surface area (Å²) in [6, 6.07) is 3.49. The minimum Gasteiger partial charge on any atom is -0.461 e. The Kier molecular flexibility index (Phi) is 2.72. The van der Waals surface area contributed by atoms with E-state index in [1.54, 1.807) is 12.1 Å². The van der Waals surface area contributed by atoms with E-state index in [2.05, 4.69) is 10.1 Å². The van der Waals surface area contributed by atoms with E-state index >= 15 is 0 Å². The lowest BCUT2D eigenvalue weighted by atomic mass is 10.4. The van der Waals surface area contributed by atoms with Gasteiger partial charge in [0.2, 0.25) is 11.7 Å². The number of thioether (sulfide) groups is 1. The van der Waals surface area contributed by atoms with Crippen molar-refractivity contribution in [2.24, 2.45) is 5.73 Å². The first-order valence-electron chi connectivity index (χ1n) is 4.09. The highest BCUT2D eigenvalue weighted by atomic mass is 32.2. The molecule has 0 aliphatic heterocycles. The van der Waals surface area contributed by atoms with Crippen molar-refractivity contribution in [3.05, 3.63) is 24.3 Å². The molecule has 0 fully saturated rings. The third kappa shape index (κ3) is 2.38. The van der Waals surface area contributed by atoms with Gasteiger partial charge < -0.3 is 14.7 Å². The van der Waals surface area contributed by atoms with Crippen molar-refractivity contribution in [1.29, 1.82) is 5.41 Å². The van der Waals surface area contributed by atoms with Crippen LogP contribution in [0.2, 0.25) is 0 Å². The van der Waals surface area contributed by atoms with Gasteiger partial charge in [0, 0.05) is 0 Å². The Labute approximate surface area is 89.3 Å². The van der Waals surface area contributed by atoms with E-state index in [0.29, 0.717) is 23.2 Å². The number of hydrogen-bond acceptors (Lipinski definition) is 6. The van der Waals surface area contributed by atoms with Crippen molar-refractivity contribution in [1.82, 2.24) is 10.1 Å². The van der Waals surface area contributed by atoms with Crippen molar-refractivity contribution in [3.8, 4) is 11.6 Å². The first kappa shape index (κ1) is 9.78. The van der Waals surface area contributed by atoms with Crippen LogP contribution in [0.25, 0.3) is 11.6 Å². The Balaban J connectivity index is 2.08. The van der Waals surface area contributed by atoms with Crippen molar-refractivity contribution in [3.63, 3.8) is 0 Å². The lowest BCUT2D eigenvalue weighted by Gasteiger charge is -1.90. The van der Waals surface area contributed by atoms with Gasteiger partial charge in [0.05, 0.1) is 12.0 Å². The third-order valence-electron chi connectivity index (χ3n) is 1.56. The van der Waals surface area contributed by atoms with Gasteiger partial charge in [0.25, 0.3) is 0 Å². The van der Waals surface area contributed by atoms with Gasteiger partial charge in [-0.25, -0.2) is 0 Å². The zero-order valence-electron chi connectivity index (χ0n) is 7.64. The van der Waals surface area contributed by atoms with Crippen LogP contribution < -0.4 is 5.73 Å². The van der Waals surface area contributed by atoms with Gasteiger partial charge in [-0.15, -0.1) is 0 Å². The van der Waals surface area contributed by atoms with Gasteiger partial charge in [-0.3, -0.25) is 5.41 Å². The maximum Gasteiger partial charge on any atom is 0.238 e. The molecule has 78 valence electrons. The molecule has 0 aliphatic rings. The molecule has 2 aromatic rings. The number of rotatable bonds is 3. The molecule has 0 spiro atoms. The van der Waals surface area contributed by atoms with E-state index < -0.39 is 0 Å². The van der Waals surface area contributed by atoms with Crippen LogP contribution in [0.15, 0.2) is 27.3 Å². The molecular weight excluding hydrogens is 216 g/mol. The predicted molar refractivity (Wildman–Crippen MR) is 55.2 cm³/mol. The molecule has 3 N–H and O–H groups in total. The van der Waals surface area contributed by atoms with E-state index in [9.17, 15) is 0 Å². The molecule has 0 radical (unpaired) electrons. The highest BCUT2D eigenvalue weighted by molar-refractivity contribution is 8.12. The molecule has 0 aromatic carbocycles. The molecule has 15 heavy (non-hydrogen) atoms. The molecule has 0 amide bonds. The van der Waals surface area contributed by atoms with Crippen LogP contribution >= 0.6 is 11.8 Å². The summed E-state index contributed by atoms with van der Waals surface area (Å²) in [5, 5.41) is 10.8. The number of aromatic nitrogens is 2. The Hall–Kier alpha value is -1.76. The monoisotopic (exact) mass is 224 g/mol. The Morgan fingerprint density at radius 2 is 2.47 bits per heavy atom. The summed E-state index contributed by atoms with van der Waals surface area (Å²) in [5.41, 5.74) is 5.18. The Bertz CT molecular complexity index is 451. The molecule has 0 bridgehead atoms. The summed E-state index contributed by atoms with van der Waals surface area (Å²) in [7, 11) is 0. The van der Waals surface area contributed by atoms with Crippen LogP contribution in [0.1, 0.15) is 5.89 Å². The lowest BCUT2D eigenvalue weighted by molar-refractivity contribution is 0.390. The van der Waals surface area contributed by atoms with E-state index in [1.165, 1.54) is 6.26 Å². The topological polar surface area (TPSA) is 102 Å². The molecule has 2 rings (SSSR count). The second kappa shape index (κ2) is 4.18. The Morgan fingerprint density at radius 3 is 3.13 bits per heavy atom. The third-order valence-corrected chi connectivity index (χ3v) is 2.26. The Morgan fingerprint density at radius 1 is 1.60 bits per heavy atom. The second-order valence-corrected chi connectivity index (χ2v) is 3.66. The van der Waals surface area contributed by atoms with E-state index in [1.807, 2.05) is 0 Å². The largest absolute Gasteiger partial charge is 0.461 e. The molecule has 2 aromatic heterocycles. The highest BCUT2D eigenvalue weighted by Crippen LogP contribution is 2.17. The minimum absolute atomic E-state index is 0.0211. The normalized spacial score (nSPS) is 10.4. The van der Waals surface area contributed by atoms with Gasteiger partial charge in [-0.2, -0.15) is 4.98 Å². The van der Waals surface area contributed by atoms with Crippen molar-refractivity contribution in [2.45, 2.75) is 5.75 Å². The van der Waals surface area contributed by atoms with E-state index in [0.717, 1.165) is 11.8 Å². The maximum atomic E-state index is 7.02. The molecule has 7 heteroatoms. The average molecular weight is 224 g/mol. The maximum absolute atomic E-state index is 7.02.